The van der Waals surface area contributed by atoms with Crippen LogP contribution in [-0.4, -0.2) is 48.6 Å². The summed E-state index contributed by atoms with van der Waals surface area (Å²) in [5.74, 6) is 3.93. The molecule has 0 aliphatic rings. The lowest BCUT2D eigenvalue weighted by atomic mass is 10.0. The van der Waals surface area contributed by atoms with E-state index in [-0.39, 0.29) is 0 Å². The Bertz CT molecular complexity index is 7910. The molecule has 0 aliphatic carbocycles. The van der Waals surface area contributed by atoms with Gasteiger partial charge in [-0.2, -0.15) is 5.26 Å². The number of hydrogen-bond acceptors (Lipinski definition) is 10. The summed E-state index contributed by atoms with van der Waals surface area (Å²) in [6, 6.07) is 126. The average molecular weight is 1530 g/mol. The smallest absolute Gasteiger partial charge is 0.164 e. The summed E-state index contributed by atoms with van der Waals surface area (Å²) >= 11 is 1.88. The molecule has 0 atom stereocenters. The van der Waals surface area contributed by atoms with E-state index < -0.39 is 0 Å². The van der Waals surface area contributed by atoms with Gasteiger partial charge in [-0.1, -0.05) is 235 Å². The van der Waals surface area contributed by atoms with Crippen LogP contribution in [0, 0.1) is 32.1 Å². The highest BCUT2D eigenvalue weighted by Crippen LogP contribution is 2.46. The fraction of sp³-hybridized carbons (Fsp3) is 0.0286. The van der Waals surface area contributed by atoms with Crippen molar-refractivity contribution in [1.29, 1.82) is 5.26 Å². The van der Waals surface area contributed by atoms with Crippen LogP contribution in [0.25, 0.3) is 204 Å². The van der Waals surface area contributed by atoms with E-state index in [0.29, 0.717) is 40.6 Å². The van der Waals surface area contributed by atoms with Gasteiger partial charge in [0, 0.05) is 109 Å². The maximum Gasteiger partial charge on any atom is 0.164 e. The van der Waals surface area contributed by atoms with Crippen molar-refractivity contribution < 1.29 is 4.42 Å². The largest absolute Gasteiger partial charge is 0.456 e. The molecule has 13 heteroatoms. The van der Waals surface area contributed by atoms with Crippen LogP contribution >= 0.6 is 11.3 Å². The fourth-order valence-electron chi connectivity index (χ4n) is 16.7. The highest BCUT2D eigenvalue weighted by Gasteiger charge is 2.24. The normalized spacial score (nSPS) is 11.5. The molecular formula is C105H69N11OS. The first-order valence-electron chi connectivity index (χ1n) is 39.3. The van der Waals surface area contributed by atoms with Crippen molar-refractivity contribution in [1.82, 2.24) is 48.6 Å². The van der Waals surface area contributed by atoms with Gasteiger partial charge in [0.15, 0.2) is 40.6 Å². The average Bonchev–Trinajstić information content (AvgIpc) is 1.57. The van der Waals surface area contributed by atoms with Crippen molar-refractivity contribution >= 4 is 119 Å². The number of fused-ring (bicyclic) bond motifs is 17. The second-order valence-electron chi connectivity index (χ2n) is 29.7. The highest BCUT2D eigenvalue weighted by atomic mass is 32.1. The third-order valence-corrected chi connectivity index (χ3v) is 23.4. The van der Waals surface area contributed by atoms with Crippen molar-refractivity contribution in [2.45, 2.75) is 20.8 Å². The Kier molecular flexibility index (Phi) is 17.5. The Balaban J connectivity index is 0.000000113. The summed E-state index contributed by atoms with van der Waals surface area (Å²) in [5.41, 5.74) is 23.6. The van der Waals surface area contributed by atoms with Gasteiger partial charge in [-0.05, 0) is 171 Å². The first-order chi connectivity index (χ1) is 58.2. The van der Waals surface area contributed by atoms with Crippen LogP contribution in [-0.2, 0) is 0 Å². The Labute approximate surface area is 682 Å². The maximum atomic E-state index is 9.57. The summed E-state index contributed by atoms with van der Waals surface area (Å²) in [6.07, 6.45) is 1.66. The van der Waals surface area contributed by atoms with Gasteiger partial charge in [0.05, 0.1) is 44.2 Å². The van der Waals surface area contributed by atoms with Crippen LogP contribution in [0.2, 0.25) is 0 Å². The van der Waals surface area contributed by atoms with Gasteiger partial charge in [-0.3, -0.25) is 0 Å². The number of furan rings is 1. The highest BCUT2D eigenvalue weighted by molar-refractivity contribution is 7.26. The number of pyridine rings is 1. The minimum Gasteiger partial charge on any atom is -0.456 e. The number of nitrogens with zero attached hydrogens (tertiary/aromatic N) is 11. The van der Waals surface area contributed by atoms with Crippen molar-refractivity contribution in [2.24, 2.45) is 0 Å². The lowest BCUT2D eigenvalue weighted by Crippen LogP contribution is -2.00. The van der Waals surface area contributed by atoms with Crippen LogP contribution in [0.15, 0.2) is 369 Å². The van der Waals surface area contributed by atoms with Gasteiger partial charge in [-0.25, -0.2) is 34.9 Å². The number of thiophene rings is 1. The second-order valence-corrected chi connectivity index (χ2v) is 30.7. The predicted molar refractivity (Wildman–Crippen MR) is 484 cm³/mol. The molecule has 0 N–H and O–H groups in total. The molecule has 0 unspecified atom stereocenters. The molecule has 23 aromatic rings. The summed E-state index contributed by atoms with van der Waals surface area (Å²) in [7, 11) is 0. The van der Waals surface area contributed by atoms with Gasteiger partial charge in [0.25, 0.3) is 0 Å². The zero-order valence-corrected chi connectivity index (χ0v) is 65.2. The van der Waals surface area contributed by atoms with Crippen molar-refractivity contribution in [2.75, 3.05) is 0 Å². The molecular weight excluding hydrogens is 1460 g/mol. The molecule has 0 bridgehead atoms. The Morgan fingerprint density at radius 2 is 0.746 bits per heavy atom. The van der Waals surface area contributed by atoms with E-state index >= 15 is 0 Å². The Morgan fingerprint density at radius 3 is 1.36 bits per heavy atom. The lowest BCUT2D eigenvalue weighted by molar-refractivity contribution is 0.669. The zero-order chi connectivity index (χ0) is 78.9. The van der Waals surface area contributed by atoms with Gasteiger partial charge in [0.2, 0.25) is 0 Å². The predicted octanol–water partition coefficient (Wildman–Crippen LogP) is 26.8. The molecule has 0 amide bonds. The summed E-state index contributed by atoms with van der Waals surface area (Å²) in [5, 5.41) is 21.8. The third kappa shape index (κ3) is 12.5. The zero-order valence-electron chi connectivity index (χ0n) is 64.4. The molecule has 556 valence electrons. The number of aryl methyl sites for hydroxylation is 3. The Hall–Kier alpha value is -15.6. The number of nitriles is 1. The minimum absolute atomic E-state index is 0.425. The third-order valence-electron chi connectivity index (χ3n) is 22.2. The van der Waals surface area contributed by atoms with E-state index in [1.54, 1.807) is 6.20 Å². The molecule has 12 nitrogen and oxygen atoms in total. The Morgan fingerprint density at radius 1 is 0.288 bits per heavy atom. The molecule has 0 fully saturated rings. The number of rotatable bonds is 10. The summed E-state index contributed by atoms with van der Waals surface area (Å²) in [4.78, 5) is 33.8. The summed E-state index contributed by atoms with van der Waals surface area (Å²) < 4.78 is 15.8. The second kappa shape index (κ2) is 29.4. The van der Waals surface area contributed by atoms with Crippen molar-refractivity contribution in [3.63, 3.8) is 0 Å². The monoisotopic (exact) mass is 1530 g/mol. The molecule has 0 saturated carbocycles. The van der Waals surface area contributed by atoms with E-state index in [9.17, 15) is 5.26 Å². The van der Waals surface area contributed by atoms with E-state index in [2.05, 4.69) is 294 Å². The molecule has 8 aromatic heterocycles. The first-order valence-corrected chi connectivity index (χ1v) is 40.1. The number of para-hydroxylation sites is 3. The maximum absolute atomic E-state index is 9.57. The SMILES string of the molecule is Cc1ccc2c(c1)c1cc(-c3ccccc3)ccc1n2-c1cccnc1C#N.Cc1cccc(-c2nc(-c3ccccc3)nc(-c3ccc(-n4c5ccccc5c5c6sc7ccccc7c6ccc54)cc3)n2)c1.Cc1cccc(-c2nc(-c3ccccc3)nc(-c3ccc(-n4c5ccccc5c5ccc6oc7ccccc7c6c54)cc3)n2)c1. The molecule has 0 spiro atoms. The fourth-order valence-corrected chi connectivity index (χ4v) is 18.0. The van der Waals surface area contributed by atoms with Crippen molar-refractivity contribution in [3.8, 4) is 103 Å². The van der Waals surface area contributed by atoms with Gasteiger partial charge < -0.3 is 18.1 Å². The van der Waals surface area contributed by atoms with Crippen molar-refractivity contribution in [3.05, 3.63) is 386 Å². The molecule has 23 rings (SSSR count). The molecule has 118 heavy (non-hydrogen) atoms. The van der Waals surface area contributed by atoms with Crippen LogP contribution in [0.4, 0.5) is 0 Å². The quantitative estimate of drug-likeness (QED) is 0.131. The topological polar surface area (TPSA) is 142 Å². The molecule has 15 aromatic carbocycles. The minimum atomic E-state index is 0.425. The van der Waals surface area contributed by atoms with Crippen LogP contribution < -0.4 is 0 Å². The molecule has 8 heterocycles. The first kappa shape index (κ1) is 70.3. The molecule has 0 saturated heterocycles. The van der Waals surface area contributed by atoms with E-state index in [4.69, 9.17) is 34.3 Å². The van der Waals surface area contributed by atoms with E-state index in [0.717, 1.165) is 100 Å². The van der Waals surface area contributed by atoms with Crippen LogP contribution in [0.1, 0.15) is 22.4 Å². The number of benzene rings is 15. The van der Waals surface area contributed by atoms with E-state index in [1.165, 1.54) is 85.8 Å². The van der Waals surface area contributed by atoms with Gasteiger partial charge >= 0.3 is 0 Å². The molecule has 0 radical (unpaired) electrons. The van der Waals surface area contributed by atoms with Crippen LogP contribution in [0.5, 0.6) is 0 Å². The number of aromatic nitrogens is 10. The lowest BCUT2D eigenvalue weighted by Gasteiger charge is -2.11. The van der Waals surface area contributed by atoms with Gasteiger partial charge in [-0.15, -0.1) is 11.3 Å². The standard InChI is InChI=1S/C40H26N4O.C40H26N4S.C25H17N3/c1-25-10-9-13-28(24-25)40-42-38(26-11-3-2-4-12-26)41-39(43-40)27-18-20-29(21-19-27)44-33-16-7-5-14-30(33)31-22-23-35-36(37(31)44)32-15-6-8-17-34(32)45-35;1-25-10-9-13-28(24-25)40-42-38(26-11-3-2-4-12-26)41-39(43-40)27-18-20-29(21-19-27)44-33-16-7-5-15-32(33)36-34(44)23-22-31-30-14-6-8-17-35(30)45-37(31)36;1-17-9-11-23-20(14-17)21-15-19(18-6-3-2-4-7-18)10-12-24(21)28(23)25-8-5-13-27-22(25)16-26/h2*2-24H,1H3;2-15H,1H3. The van der Waals surface area contributed by atoms with Gasteiger partial charge in [0.1, 0.15) is 17.2 Å². The summed E-state index contributed by atoms with van der Waals surface area (Å²) in [6.45, 7) is 6.27. The van der Waals surface area contributed by atoms with Crippen LogP contribution in [0.3, 0.4) is 0 Å². The van der Waals surface area contributed by atoms with E-state index in [1.807, 2.05) is 121 Å². The number of hydrogen-bond donors (Lipinski definition) is 0. The molecule has 0 aliphatic heterocycles.